The largest absolute Gasteiger partial charge is 0.550 e. The molecule has 2 atom stereocenters. The van der Waals surface area contributed by atoms with Crippen LogP contribution in [-0.4, -0.2) is 31.1 Å². The minimum atomic E-state index is -1.47. The van der Waals surface area contributed by atoms with E-state index in [0.29, 0.717) is 0 Å². The molecule has 13 heavy (non-hydrogen) atoms. The Hall–Kier alpha value is -1.14. The van der Waals surface area contributed by atoms with Crippen molar-refractivity contribution in [3.8, 4) is 0 Å². The lowest BCUT2D eigenvalue weighted by atomic mass is 10.0. The molecule has 0 fully saturated rings. The number of carboxylic acid groups (broad SMARTS) is 2. The topological polar surface area (TPSA) is 118 Å². The van der Waals surface area contributed by atoms with Crippen LogP contribution in [-0.2, 0) is 9.59 Å². The predicted molar refractivity (Wildman–Crippen MR) is 40.0 cm³/mol. The van der Waals surface area contributed by atoms with Crippen molar-refractivity contribution in [2.45, 2.75) is 13.0 Å². The fourth-order valence-electron chi connectivity index (χ4n) is 0.839. The molecule has 0 amide bonds. The molecule has 3 N–H and O–H groups in total. The van der Waals surface area contributed by atoms with E-state index in [4.69, 9.17) is 5.73 Å². The van der Waals surface area contributed by atoms with Crippen LogP contribution in [0.3, 0.4) is 0 Å². The lowest BCUT2D eigenvalue weighted by molar-refractivity contribution is -0.322. The molecule has 6 nitrogen and oxygen atoms in total. The molecular weight excluding hydrogens is 176 g/mol. The molecule has 2 unspecified atom stereocenters. The maximum atomic E-state index is 10.4. The smallest absolute Gasteiger partial charge is 0.0590 e. The average Bonchev–Trinajstić information content (AvgIpc) is 2.04. The fourth-order valence-corrected chi connectivity index (χ4v) is 0.839. The number of hydrogen-bond donors (Lipinski definition) is 2. The van der Waals surface area contributed by atoms with Gasteiger partial charge in [0.25, 0.3) is 0 Å². The number of nitrogens with two attached hydrogens (primary N) is 1. The molecule has 0 bridgehead atoms. The molecule has 0 aromatic rings. The Kier molecular flexibility index (Phi) is 5.01. The zero-order valence-electron chi connectivity index (χ0n) is 7.28. The van der Waals surface area contributed by atoms with Crippen molar-refractivity contribution in [2.24, 2.45) is 11.7 Å². The molecule has 76 valence electrons. The highest BCUT2D eigenvalue weighted by Gasteiger charge is 2.18. The maximum Gasteiger partial charge on any atom is 0.0590 e. The molecule has 0 saturated heterocycles. The lowest BCUT2D eigenvalue weighted by Gasteiger charge is -2.26. The summed E-state index contributed by atoms with van der Waals surface area (Å²) in [5, 5.41) is 23.2. The number of rotatable bonds is 6. The van der Waals surface area contributed by atoms with Crippen LogP contribution in [0.4, 0.5) is 0 Å². The predicted octanol–water partition coefficient (Wildman–Crippen LogP) is -3.96. The summed E-state index contributed by atoms with van der Waals surface area (Å²) in [7, 11) is 0. The molecule has 0 saturated carbocycles. The van der Waals surface area contributed by atoms with Crippen LogP contribution < -0.4 is 21.3 Å². The summed E-state index contributed by atoms with van der Waals surface area (Å²) in [6.45, 7) is 1.68. The average molecular weight is 188 g/mol. The zero-order valence-corrected chi connectivity index (χ0v) is 7.28. The molecule has 6 heteroatoms. The second kappa shape index (κ2) is 5.50. The number of carboxylic acids is 2. The van der Waals surface area contributed by atoms with Gasteiger partial charge in [-0.25, -0.2) is 0 Å². The van der Waals surface area contributed by atoms with E-state index < -0.39 is 23.9 Å². The second-order valence-corrected chi connectivity index (χ2v) is 2.65. The van der Waals surface area contributed by atoms with E-state index in [2.05, 4.69) is 5.32 Å². The first-order chi connectivity index (χ1) is 6.00. The van der Waals surface area contributed by atoms with Crippen molar-refractivity contribution < 1.29 is 19.8 Å². The number of carbonyl (C=O) groups is 2. The third-order valence-corrected chi connectivity index (χ3v) is 1.63. The highest BCUT2D eigenvalue weighted by molar-refractivity contribution is 5.80. The Morgan fingerprint density at radius 1 is 1.38 bits per heavy atom. The van der Waals surface area contributed by atoms with Crippen LogP contribution in [0.15, 0.2) is 0 Å². The van der Waals surface area contributed by atoms with Gasteiger partial charge in [0, 0.05) is 25.0 Å². The van der Waals surface area contributed by atoms with Crippen molar-refractivity contribution in [2.75, 3.05) is 13.1 Å². The first kappa shape index (κ1) is 11.9. The Bertz CT molecular complexity index is 195. The summed E-state index contributed by atoms with van der Waals surface area (Å²) < 4.78 is 0. The van der Waals surface area contributed by atoms with Crippen LogP contribution in [0.2, 0.25) is 0 Å². The third-order valence-electron chi connectivity index (χ3n) is 1.63. The quantitative estimate of drug-likeness (QED) is 0.439. The van der Waals surface area contributed by atoms with Gasteiger partial charge >= 0.3 is 0 Å². The summed E-state index contributed by atoms with van der Waals surface area (Å²) >= 11 is 0. The van der Waals surface area contributed by atoms with E-state index in [1.807, 2.05) is 0 Å². The number of aliphatic carboxylic acids is 2. The molecular formula is C7H12N2O4-2. The van der Waals surface area contributed by atoms with E-state index >= 15 is 0 Å². The second-order valence-electron chi connectivity index (χ2n) is 2.65. The SMILES string of the molecule is CC(C(=O)[O-])C(NCCN)C(=O)[O-]. The summed E-state index contributed by atoms with van der Waals surface area (Å²) in [4.78, 5) is 20.8. The van der Waals surface area contributed by atoms with Gasteiger partial charge in [0.05, 0.1) is 12.0 Å². The molecule has 0 aromatic heterocycles. The third kappa shape index (κ3) is 3.86. The first-order valence-corrected chi connectivity index (χ1v) is 3.86. The van der Waals surface area contributed by atoms with Gasteiger partial charge in [0.1, 0.15) is 0 Å². The van der Waals surface area contributed by atoms with E-state index in [1.54, 1.807) is 0 Å². The normalized spacial score (nSPS) is 14.9. The standard InChI is InChI=1S/C7H14N2O4/c1-4(6(10)11)5(7(12)13)9-3-2-8/h4-5,9H,2-3,8H2,1H3,(H,10,11)(H,12,13)/p-2. The number of carbonyl (C=O) groups excluding carboxylic acids is 2. The van der Waals surface area contributed by atoms with Gasteiger partial charge in [-0.2, -0.15) is 0 Å². The van der Waals surface area contributed by atoms with Crippen molar-refractivity contribution in [1.29, 1.82) is 0 Å². The summed E-state index contributed by atoms with van der Waals surface area (Å²) in [5.41, 5.74) is 5.11. The minimum absolute atomic E-state index is 0.219. The molecule has 0 aliphatic heterocycles. The molecule has 0 rings (SSSR count). The minimum Gasteiger partial charge on any atom is -0.550 e. The Morgan fingerprint density at radius 3 is 2.23 bits per heavy atom. The van der Waals surface area contributed by atoms with Crippen LogP contribution in [0.5, 0.6) is 0 Å². The molecule has 0 aliphatic carbocycles. The molecule has 0 spiro atoms. The maximum absolute atomic E-state index is 10.4. The van der Waals surface area contributed by atoms with Crippen LogP contribution in [0, 0.1) is 5.92 Å². The van der Waals surface area contributed by atoms with Crippen LogP contribution in [0.25, 0.3) is 0 Å². The summed E-state index contributed by atoms with van der Waals surface area (Å²) in [5.74, 6) is -4.04. The van der Waals surface area contributed by atoms with E-state index in [-0.39, 0.29) is 13.1 Å². The van der Waals surface area contributed by atoms with E-state index in [0.717, 1.165) is 0 Å². The van der Waals surface area contributed by atoms with Gasteiger partial charge in [-0.05, 0) is 0 Å². The Balaban J connectivity index is 4.24. The molecule has 0 heterocycles. The highest BCUT2D eigenvalue weighted by atomic mass is 16.4. The van der Waals surface area contributed by atoms with Gasteiger partial charge in [-0.3, -0.25) is 0 Å². The highest BCUT2D eigenvalue weighted by Crippen LogP contribution is 2.00. The van der Waals surface area contributed by atoms with E-state index in [9.17, 15) is 19.8 Å². The fraction of sp³-hybridized carbons (Fsp3) is 0.714. The summed E-state index contributed by atoms with van der Waals surface area (Å²) in [6, 6.07) is -1.26. The van der Waals surface area contributed by atoms with E-state index in [1.165, 1.54) is 6.92 Å². The summed E-state index contributed by atoms with van der Waals surface area (Å²) in [6.07, 6.45) is 0. The Morgan fingerprint density at radius 2 is 1.92 bits per heavy atom. The van der Waals surface area contributed by atoms with Crippen molar-refractivity contribution in [3.05, 3.63) is 0 Å². The van der Waals surface area contributed by atoms with Crippen molar-refractivity contribution in [1.82, 2.24) is 5.32 Å². The molecule has 0 aliphatic rings. The number of nitrogens with one attached hydrogen (secondary N) is 1. The van der Waals surface area contributed by atoms with Gasteiger partial charge in [0.2, 0.25) is 0 Å². The van der Waals surface area contributed by atoms with Crippen LogP contribution >= 0.6 is 0 Å². The van der Waals surface area contributed by atoms with Gasteiger partial charge in [0.15, 0.2) is 0 Å². The van der Waals surface area contributed by atoms with Gasteiger partial charge in [-0.15, -0.1) is 0 Å². The van der Waals surface area contributed by atoms with Gasteiger partial charge < -0.3 is 30.9 Å². The Labute approximate surface area is 75.7 Å². The van der Waals surface area contributed by atoms with Crippen molar-refractivity contribution in [3.63, 3.8) is 0 Å². The van der Waals surface area contributed by atoms with Crippen molar-refractivity contribution >= 4 is 11.9 Å². The monoisotopic (exact) mass is 188 g/mol. The first-order valence-electron chi connectivity index (χ1n) is 3.86. The lowest BCUT2D eigenvalue weighted by Crippen LogP contribution is -2.54. The zero-order chi connectivity index (χ0) is 10.4. The van der Waals surface area contributed by atoms with Gasteiger partial charge in [-0.1, -0.05) is 6.92 Å². The molecule has 0 aromatic carbocycles. The molecule has 0 radical (unpaired) electrons. The van der Waals surface area contributed by atoms with Crippen LogP contribution in [0.1, 0.15) is 6.92 Å². The number of hydrogen-bond acceptors (Lipinski definition) is 6.